The fourth-order valence-electron chi connectivity index (χ4n) is 6.88. The smallest absolute Gasteiger partial charge is 0.275 e. The van der Waals surface area contributed by atoms with Crippen LogP contribution in [-0.4, -0.2) is 55.2 Å². The van der Waals surface area contributed by atoms with E-state index in [2.05, 4.69) is 20.6 Å². The summed E-state index contributed by atoms with van der Waals surface area (Å²) in [5.74, 6) is -0.346. The molecule has 14 nitrogen and oxygen atoms in total. The number of pyridine rings is 2. The molecule has 65 heavy (non-hydrogen) atoms. The van der Waals surface area contributed by atoms with Gasteiger partial charge in [-0.25, -0.2) is 0 Å². The minimum Gasteiger partial charge on any atom is -0.508 e. The number of halogens is 3. The highest BCUT2D eigenvalue weighted by Crippen LogP contribution is 2.42. The minimum atomic E-state index is -1.08. The first-order chi connectivity index (χ1) is 31.4. The average Bonchev–Trinajstić information content (AvgIpc) is 3.32. The monoisotopic (exact) mass is 931 g/mol. The summed E-state index contributed by atoms with van der Waals surface area (Å²) in [6.45, 7) is -0.585. The van der Waals surface area contributed by atoms with Gasteiger partial charge >= 0.3 is 0 Å². The molecule has 0 aliphatic rings. The van der Waals surface area contributed by atoms with Crippen LogP contribution in [0.5, 0.6) is 28.7 Å². The first-order valence-corrected chi connectivity index (χ1v) is 20.7. The van der Waals surface area contributed by atoms with E-state index in [1.165, 1.54) is 48.8 Å². The van der Waals surface area contributed by atoms with Gasteiger partial charge in [-0.2, -0.15) is 0 Å². The number of phenols is 3. The third-order valence-corrected chi connectivity index (χ3v) is 10.8. The van der Waals surface area contributed by atoms with Crippen LogP contribution in [0.15, 0.2) is 152 Å². The SMILES string of the molecule is O=C(COc1ccccc1)NC(c1ccc(O)cc1Cl)c1cc(Cl)c2cccnc2c1O.O=C(COc1ccccc1)NC(c1ccccc1[N+](=O)[O-])c1cc(Cl)c2cccnc2c1O. The van der Waals surface area contributed by atoms with Crippen LogP contribution in [0, 0.1) is 10.1 Å². The van der Waals surface area contributed by atoms with E-state index in [4.69, 9.17) is 44.3 Å². The third kappa shape index (κ3) is 10.8. The Morgan fingerprint density at radius 1 is 0.569 bits per heavy atom. The number of aromatic nitrogens is 2. The molecule has 0 aliphatic carbocycles. The fourth-order valence-corrected chi connectivity index (χ4v) is 7.71. The summed E-state index contributed by atoms with van der Waals surface area (Å²) in [5.41, 5.74) is 1.42. The summed E-state index contributed by atoms with van der Waals surface area (Å²) in [4.78, 5) is 45.1. The number of ether oxygens (including phenoxy) is 2. The average molecular weight is 933 g/mol. The quantitative estimate of drug-likeness (QED) is 0.0543. The van der Waals surface area contributed by atoms with Crippen LogP contribution >= 0.6 is 34.8 Å². The molecule has 8 aromatic rings. The van der Waals surface area contributed by atoms with Crippen molar-refractivity contribution in [3.63, 3.8) is 0 Å². The Morgan fingerprint density at radius 3 is 1.51 bits per heavy atom. The highest BCUT2D eigenvalue weighted by Gasteiger charge is 2.29. The number of para-hydroxylation sites is 3. The molecule has 5 N–H and O–H groups in total. The second-order valence-corrected chi connectivity index (χ2v) is 15.3. The molecule has 0 saturated heterocycles. The lowest BCUT2D eigenvalue weighted by Crippen LogP contribution is -2.33. The molecule has 2 unspecified atom stereocenters. The van der Waals surface area contributed by atoms with Gasteiger partial charge in [-0.1, -0.05) is 89.4 Å². The summed E-state index contributed by atoms with van der Waals surface area (Å²) in [5, 5.41) is 50.9. The highest BCUT2D eigenvalue weighted by molar-refractivity contribution is 6.36. The minimum absolute atomic E-state index is 0.0290. The van der Waals surface area contributed by atoms with Crippen molar-refractivity contribution in [3.05, 3.63) is 199 Å². The predicted octanol–water partition coefficient (Wildman–Crippen LogP) is 10.0. The number of nitrogens with zero attached hydrogens (tertiary/aromatic N) is 3. The van der Waals surface area contributed by atoms with Gasteiger partial charge in [0.1, 0.15) is 39.8 Å². The Labute approximate surface area is 385 Å². The topological polar surface area (TPSA) is 206 Å². The number of carbonyl (C=O) groups is 2. The normalized spacial score (nSPS) is 11.7. The molecule has 2 amide bonds. The summed E-state index contributed by atoms with van der Waals surface area (Å²) in [6, 6.07) is 35.9. The Morgan fingerprint density at radius 2 is 1.03 bits per heavy atom. The molecule has 0 aliphatic heterocycles. The van der Waals surface area contributed by atoms with Gasteiger partial charge in [0.2, 0.25) is 0 Å². The molecule has 0 spiro atoms. The zero-order valence-corrected chi connectivity index (χ0v) is 36.0. The maximum absolute atomic E-state index is 12.8. The Bertz CT molecular complexity index is 3020. The number of nitrogens with one attached hydrogen (secondary N) is 2. The number of rotatable bonds is 13. The second kappa shape index (κ2) is 20.7. The number of hydrogen-bond acceptors (Lipinski definition) is 11. The van der Waals surface area contributed by atoms with Crippen LogP contribution < -0.4 is 20.1 Å². The number of benzene rings is 6. The molecular weight excluding hydrogens is 897 g/mol. The maximum Gasteiger partial charge on any atom is 0.275 e. The van der Waals surface area contributed by atoms with Crippen molar-refractivity contribution >= 4 is 74.1 Å². The lowest BCUT2D eigenvalue weighted by Gasteiger charge is -2.23. The number of fused-ring (bicyclic) bond motifs is 2. The van der Waals surface area contributed by atoms with Gasteiger partial charge in [0.25, 0.3) is 17.5 Å². The van der Waals surface area contributed by atoms with Crippen LogP contribution in [0.4, 0.5) is 5.69 Å². The molecule has 328 valence electrons. The van der Waals surface area contributed by atoms with E-state index in [0.717, 1.165) is 0 Å². The van der Waals surface area contributed by atoms with Gasteiger partial charge in [0, 0.05) is 45.4 Å². The van der Waals surface area contributed by atoms with Crippen molar-refractivity contribution in [2.45, 2.75) is 12.1 Å². The van der Waals surface area contributed by atoms with Crippen LogP contribution in [0.1, 0.15) is 34.3 Å². The number of nitro benzene ring substituents is 1. The number of amides is 2. The van der Waals surface area contributed by atoms with E-state index in [-0.39, 0.29) is 62.8 Å². The molecule has 0 fully saturated rings. The molecule has 17 heteroatoms. The van der Waals surface area contributed by atoms with Crippen LogP contribution in [0.25, 0.3) is 21.8 Å². The van der Waals surface area contributed by atoms with E-state index in [9.17, 15) is 35.0 Å². The lowest BCUT2D eigenvalue weighted by molar-refractivity contribution is -0.385. The van der Waals surface area contributed by atoms with E-state index in [0.29, 0.717) is 43.9 Å². The molecule has 0 bridgehead atoms. The van der Waals surface area contributed by atoms with Gasteiger partial charge in [-0.15, -0.1) is 0 Å². The summed E-state index contributed by atoms with van der Waals surface area (Å²) < 4.78 is 11.0. The highest BCUT2D eigenvalue weighted by atomic mass is 35.5. The first kappa shape index (κ1) is 45.4. The van der Waals surface area contributed by atoms with Crippen molar-refractivity contribution in [2.75, 3.05) is 13.2 Å². The number of phenolic OH excluding ortho intramolecular Hbond substituents is 3. The number of nitro groups is 1. The molecule has 6 aromatic carbocycles. The fraction of sp³-hybridized carbons (Fsp3) is 0.0833. The van der Waals surface area contributed by atoms with Crippen LogP contribution in [0.3, 0.4) is 0 Å². The number of hydrogen-bond donors (Lipinski definition) is 5. The van der Waals surface area contributed by atoms with E-state index < -0.39 is 28.8 Å². The molecule has 8 rings (SSSR count). The van der Waals surface area contributed by atoms with E-state index in [1.807, 2.05) is 12.1 Å². The van der Waals surface area contributed by atoms with E-state index in [1.54, 1.807) is 91.0 Å². The van der Waals surface area contributed by atoms with Gasteiger partial charge in [-0.3, -0.25) is 29.7 Å². The van der Waals surface area contributed by atoms with Gasteiger partial charge in [-0.05, 0) is 84.4 Å². The summed E-state index contributed by atoms with van der Waals surface area (Å²) in [7, 11) is 0. The van der Waals surface area contributed by atoms with Gasteiger partial charge in [0.05, 0.1) is 32.6 Å². The van der Waals surface area contributed by atoms with Crippen molar-refractivity contribution < 1.29 is 39.3 Å². The van der Waals surface area contributed by atoms with Crippen molar-refractivity contribution in [3.8, 4) is 28.7 Å². The standard InChI is InChI=1S/C24H18Cl2N2O4.C24H18ClN3O5/c25-19-11-14(29)8-9-17(19)22(28-21(30)13-32-15-5-2-1-3-6-15)18-12-20(26)16-7-4-10-27-23(16)24(18)31;25-19-13-18(24(30)23-16(19)10-6-12-26-23)22(17-9-4-5-11-20(17)28(31)32)27-21(29)14-33-15-7-2-1-3-8-15/h1-12,22,29,31H,13H2,(H,28,30);1-13,22,30H,14H2,(H,27,29). The zero-order valence-electron chi connectivity index (χ0n) is 33.8. The summed E-state index contributed by atoms with van der Waals surface area (Å²) in [6.07, 6.45) is 3.03. The Kier molecular flexibility index (Phi) is 14.4. The number of aromatic hydroxyl groups is 3. The summed E-state index contributed by atoms with van der Waals surface area (Å²) >= 11 is 19.2. The van der Waals surface area contributed by atoms with Gasteiger partial charge in [0.15, 0.2) is 13.2 Å². The van der Waals surface area contributed by atoms with Crippen molar-refractivity contribution in [1.82, 2.24) is 20.6 Å². The van der Waals surface area contributed by atoms with Crippen LogP contribution in [-0.2, 0) is 9.59 Å². The second-order valence-electron chi connectivity index (χ2n) is 14.1. The Hall–Kier alpha value is -7.65. The molecule has 2 atom stereocenters. The largest absolute Gasteiger partial charge is 0.508 e. The zero-order chi connectivity index (χ0) is 46.0. The first-order valence-electron chi connectivity index (χ1n) is 19.6. The third-order valence-electron chi connectivity index (χ3n) is 9.89. The lowest BCUT2D eigenvalue weighted by atomic mass is 9.95. The van der Waals surface area contributed by atoms with Crippen molar-refractivity contribution in [1.29, 1.82) is 0 Å². The molecule has 0 saturated carbocycles. The van der Waals surface area contributed by atoms with Gasteiger partial charge < -0.3 is 35.4 Å². The van der Waals surface area contributed by atoms with E-state index >= 15 is 0 Å². The predicted molar refractivity (Wildman–Crippen MR) is 247 cm³/mol. The number of carbonyl (C=O) groups excluding carboxylic acids is 2. The van der Waals surface area contributed by atoms with Crippen LogP contribution in [0.2, 0.25) is 15.1 Å². The molecule has 2 aromatic heterocycles. The maximum atomic E-state index is 12.8. The molecular formula is C48H36Cl3N5O9. The van der Waals surface area contributed by atoms with Crippen molar-refractivity contribution in [2.24, 2.45) is 0 Å². The molecule has 0 radical (unpaired) electrons. The molecule has 2 heterocycles. The Balaban J connectivity index is 0.000000194.